The summed E-state index contributed by atoms with van der Waals surface area (Å²) in [5.41, 5.74) is 0.521. The lowest BCUT2D eigenvalue weighted by atomic mass is 10.0. The van der Waals surface area contributed by atoms with E-state index < -0.39 is 25.6 Å². The molecule has 3 aromatic rings. The van der Waals surface area contributed by atoms with E-state index in [9.17, 15) is 9.59 Å². The molecule has 4 rings (SSSR count). The molecule has 0 aromatic heterocycles. The Labute approximate surface area is 201 Å². The largest absolute Gasteiger partial charge is 0.461 e. The van der Waals surface area contributed by atoms with Crippen LogP contribution in [0.5, 0.6) is 0 Å². The van der Waals surface area contributed by atoms with E-state index in [0.717, 1.165) is 22.2 Å². The predicted molar refractivity (Wildman–Crippen MR) is 135 cm³/mol. The van der Waals surface area contributed by atoms with Gasteiger partial charge in [-0.3, -0.25) is 0 Å². The highest BCUT2D eigenvalue weighted by Crippen LogP contribution is 2.34. The molecule has 0 N–H and O–H groups in total. The zero-order valence-electron chi connectivity index (χ0n) is 19.4. The van der Waals surface area contributed by atoms with E-state index in [1.165, 1.54) is 0 Å². The number of carbonyl (C=O) groups excluding carboxylic acids is 2. The molecule has 34 heavy (non-hydrogen) atoms. The number of carbonyl (C=O) groups is 2. The Hall–Kier alpha value is -2.85. The summed E-state index contributed by atoms with van der Waals surface area (Å²) < 4.78 is 17.0. The Morgan fingerprint density at radius 2 is 1.59 bits per heavy atom. The topological polar surface area (TPSA) is 61.8 Å². The van der Waals surface area contributed by atoms with Gasteiger partial charge in [0.05, 0.1) is 24.2 Å². The fraction of sp³-hybridized carbons (Fsp3) is 0.286. The van der Waals surface area contributed by atoms with Crippen LogP contribution in [0.4, 0.5) is 0 Å². The lowest BCUT2D eigenvalue weighted by Gasteiger charge is -2.22. The van der Waals surface area contributed by atoms with Crippen molar-refractivity contribution in [2.75, 3.05) is 13.2 Å². The van der Waals surface area contributed by atoms with Gasteiger partial charge in [-0.25, -0.2) is 4.79 Å². The van der Waals surface area contributed by atoms with E-state index >= 15 is 0 Å². The van der Waals surface area contributed by atoms with Crippen molar-refractivity contribution in [3.05, 3.63) is 90.5 Å². The van der Waals surface area contributed by atoms with Gasteiger partial charge in [-0.15, -0.1) is 0 Å². The number of ether oxygens (including phenoxy) is 3. The molecule has 0 amide bonds. The molecule has 0 radical (unpaired) electrons. The van der Waals surface area contributed by atoms with Crippen LogP contribution in [0.2, 0.25) is 0 Å². The minimum atomic E-state index is -0.958. The summed E-state index contributed by atoms with van der Waals surface area (Å²) in [5, 5.41) is 3.23. The second-order valence-electron chi connectivity index (χ2n) is 8.70. The molecule has 2 atom stereocenters. The van der Waals surface area contributed by atoms with E-state index in [1.54, 1.807) is 6.07 Å². The molecule has 0 aliphatic carbocycles. The molecule has 176 valence electrons. The Balaban J connectivity index is 1.54. The number of esters is 1. The summed E-state index contributed by atoms with van der Waals surface area (Å²) in [6, 6.07) is 28.0. The molecule has 0 spiro atoms. The molecular weight excluding hydrogens is 447 g/mol. The molecule has 1 unspecified atom stereocenters. The first-order valence-corrected chi connectivity index (χ1v) is 12.7. The number of hydrogen-bond acceptors (Lipinski definition) is 5. The third kappa shape index (κ3) is 5.98. The van der Waals surface area contributed by atoms with Crippen LogP contribution < -0.4 is 15.9 Å². The standard InChI is InChI=1S/C28H29O5P/c1-28(2)32-20-22(33-28)17-21(18-29)19-31-27(30)25-15-9-10-16-26(25)34(23-11-5-3-6-12-23)24-13-7-4-8-14-24/h3-16,18,21-22H,17,19-20H2,1-2H3/t21?,22-/m0/s1. The molecule has 1 heterocycles. The fourth-order valence-electron chi connectivity index (χ4n) is 4.06. The van der Waals surface area contributed by atoms with Crippen LogP contribution >= 0.6 is 7.92 Å². The highest BCUT2D eigenvalue weighted by Gasteiger charge is 2.34. The zero-order valence-corrected chi connectivity index (χ0v) is 20.3. The number of aldehydes is 1. The van der Waals surface area contributed by atoms with E-state index in [2.05, 4.69) is 24.3 Å². The average molecular weight is 477 g/mol. The van der Waals surface area contributed by atoms with Gasteiger partial charge in [0.25, 0.3) is 0 Å². The van der Waals surface area contributed by atoms with Gasteiger partial charge in [-0.1, -0.05) is 78.9 Å². The second-order valence-corrected chi connectivity index (χ2v) is 10.9. The molecule has 6 heteroatoms. The second kappa shape index (κ2) is 11.1. The van der Waals surface area contributed by atoms with Crippen molar-refractivity contribution in [3.8, 4) is 0 Å². The fourth-order valence-corrected chi connectivity index (χ4v) is 6.50. The van der Waals surface area contributed by atoms with Crippen LogP contribution in [0.3, 0.4) is 0 Å². The van der Waals surface area contributed by atoms with Gasteiger partial charge in [0, 0.05) is 0 Å². The highest BCUT2D eigenvalue weighted by atomic mass is 31.1. The third-order valence-corrected chi connectivity index (χ3v) is 8.15. The normalized spacial score (nSPS) is 17.9. The van der Waals surface area contributed by atoms with Gasteiger partial charge >= 0.3 is 5.97 Å². The van der Waals surface area contributed by atoms with Gasteiger partial charge < -0.3 is 19.0 Å². The van der Waals surface area contributed by atoms with Crippen LogP contribution in [0, 0.1) is 5.92 Å². The Morgan fingerprint density at radius 3 is 2.15 bits per heavy atom. The minimum Gasteiger partial charge on any atom is -0.461 e. The minimum absolute atomic E-state index is 0.00551. The van der Waals surface area contributed by atoms with E-state index in [1.807, 2.05) is 68.4 Å². The number of benzene rings is 3. The lowest BCUT2D eigenvalue weighted by Crippen LogP contribution is -2.28. The Morgan fingerprint density at radius 1 is 1.00 bits per heavy atom. The van der Waals surface area contributed by atoms with Gasteiger partial charge in [0.1, 0.15) is 12.9 Å². The molecule has 0 saturated carbocycles. The molecule has 0 bridgehead atoms. The average Bonchev–Trinajstić information content (AvgIpc) is 3.21. The Bertz CT molecular complexity index is 1060. The van der Waals surface area contributed by atoms with E-state index in [0.29, 0.717) is 18.6 Å². The van der Waals surface area contributed by atoms with Crippen molar-refractivity contribution in [3.63, 3.8) is 0 Å². The molecule has 1 aliphatic rings. The van der Waals surface area contributed by atoms with Gasteiger partial charge in [0.2, 0.25) is 0 Å². The van der Waals surface area contributed by atoms with Crippen LogP contribution in [0.25, 0.3) is 0 Å². The summed E-state index contributed by atoms with van der Waals surface area (Å²) >= 11 is 0. The van der Waals surface area contributed by atoms with Crippen molar-refractivity contribution in [1.29, 1.82) is 0 Å². The van der Waals surface area contributed by atoms with Crippen LogP contribution in [0.15, 0.2) is 84.9 Å². The zero-order chi connectivity index (χ0) is 24.0. The van der Waals surface area contributed by atoms with E-state index in [-0.39, 0.29) is 12.7 Å². The first-order chi connectivity index (χ1) is 16.5. The molecule has 3 aromatic carbocycles. The number of hydrogen-bond donors (Lipinski definition) is 0. The summed E-state index contributed by atoms with van der Waals surface area (Å²) in [6.45, 7) is 4.12. The van der Waals surface area contributed by atoms with Crippen molar-refractivity contribution in [2.24, 2.45) is 5.92 Å². The van der Waals surface area contributed by atoms with Crippen molar-refractivity contribution >= 4 is 36.1 Å². The summed E-state index contributed by atoms with van der Waals surface area (Å²) in [5.74, 6) is -1.53. The first kappa shape index (κ1) is 24.3. The maximum absolute atomic E-state index is 13.2. The lowest BCUT2D eigenvalue weighted by molar-refractivity contribution is -0.141. The molecule has 1 aliphatic heterocycles. The predicted octanol–water partition coefficient (Wildman–Crippen LogP) is 3.96. The molecule has 1 fully saturated rings. The monoisotopic (exact) mass is 476 g/mol. The maximum atomic E-state index is 13.2. The highest BCUT2D eigenvalue weighted by molar-refractivity contribution is 7.80. The van der Waals surface area contributed by atoms with Gasteiger partial charge in [-0.05, 0) is 50.2 Å². The third-order valence-electron chi connectivity index (χ3n) is 5.65. The SMILES string of the molecule is CC1(C)OC[C@H](CC(C=O)COC(=O)c2ccccc2P(c2ccccc2)c2ccccc2)O1. The van der Waals surface area contributed by atoms with Crippen molar-refractivity contribution < 1.29 is 23.8 Å². The molecule has 5 nitrogen and oxygen atoms in total. The van der Waals surface area contributed by atoms with E-state index in [4.69, 9.17) is 14.2 Å². The first-order valence-electron chi connectivity index (χ1n) is 11.4. The van der Waals surface area contributed by atoms with Crippen LogP contribution in [-0.4, -0.2) is 37.4 Å². The van der Waals surface area contributed by atoms with Crippen LogP contribution in [0.1, 0.15) is 30.6 Å². The quantitative estimate of drug-likeness (QED) is 0.266. The van der Waals surface area contributed by atoms with Crippen LogP contribution in [-0.2, 0) is 19.0 Å². The van der Waals surface area contributed by atoms with Crippen molar-refractivity contribution in [2.45, 2.75) is 32.2 Å². The summed E-state index contributed by atoms with van der Waals surface area (Å²) in [7, 11) is -0.958. The van der Waals surface area contributed by atoms with Gasteiger partial charge in [0.15, 0.2) is 5.79 Å². The summed E-state index contributed by atoms with van der Waals surface area (Å²) in [4.78, 5) is 24.9. The Kier molecular flexibility index (Phi) is 7.89. The molecular formula is C28H29O5P. The smallest absolute Gasteiger partial charge is 0.338 e. The van der Waals surface area contributed by atoms with Crippen molar-refractivity contribution in [1.82, 2.24) is 0 Å². The van der Waals surface area contributed by atoms with Gasteiger partial charge in [-0.2, -0.15) is 0 Å². The number of rotatable bonds is 9. The molecule has 1 saturated heterocycles. The maximum Gasteiger partial charge on any atom is 0.338 e. The summed E-state index contributed by atoms with van der Waals surface area (Å²) in [6.07, 6.45) is 1.08.